The first-order chi connectivity index (χ1) is 16.4. The highest BCUT2D eigenvalue weighted by Gasteiger charge is 2.18. The van der Waals surface area contributed by atoms with Crippen LogP contribution in [0.1, 0.15) is 27.6 Å². The van der Waals surface area contributed by atoms with Gasteiger partial charge in [-0.05, 0) is 42.5 Å². The molecule has 0 saturated carbocycles. The molecule has 0 spiro atoms. The van der Waals surface area contributed by atoms with Gasteiger partial charge in [-0.15, -0.1) is 0 Å². The molecule has 2 amide bonds. The second-order valence-corrected chi connectivity index (χ2v) is 6.99. The standard InChI is InChI=1S/C25H24N2O7/c1-15(28)34-18-9-7-8-16(12-18)24(29)26-19-10-5-6-11-20(19)27-25(30)17-13-21(31-2)23(33-4)22(14-17)32-3/h5-14H,1-4H3,(H,26,29)(H,27,30). The summed E-state index contributed by atoms with van der Waals surface area (Å²) in [6, 6.07) is 16.0. The van der Waals surface area contributed by atoms with Crippen molar-refractivity contribution in [3.8, 4) is 23.0 Å². The molecule has 0 aliphatic rings. The topological polar surface area (TPSA) is 112 Å². The fourth-order valence-corrected chi connectivity index (χ4v) is 3.17. The number of hydrogen-bond acceptors (Lipinski definition) is 7. The Morgan fingerprint density at radius 2 is 1.24 bits per heavy atom. The maximum Gasteiger partial charge on any atom is 0.308 e. The van der Waals surface area contributed by atoms with E-state index >= 15 is 0 Å². The van der Waals surface area contributed by atoms with Crippen LogP contribution in [0.5, 0.6) is 23.0 Å². The first-order valence-corrected chi connectivity index (χ1v) is 10.2. The third kappa shape index (κ3) is 5.63. The van der Waals surface area contributed by atoms with E-state index in [-0.39, 0.29) is 16.9 Å². The van der Waals surface area contributed by atoms with E-state index in [4.69, 9.17) is 18.9 Å². The van der Waals surface area contributed by atoms with Crippen molar-refractivity contribution in [2.45, 2.75) is 6.92 Å². The van der Waals surface area contributed by atoms with Gasteiger partial charge in [0.25, 0.3) is 11.8 Å². The Bertz CT molecular complexity index is 1200. The zero-order valence-electron chi connectivity index (χ0n) is 19.1. The molecule has 0 fully saturated rings. The first-order valence-electron chi connectivity index (χ1n) is 10.2. The Labute approximate surface area is 196 Å². The number of amides is 2. The molecule has 9 nitrogen and oxygen atoms in total. The number of carbonyl (C=O) groups excluding carboxylic acids is 3. The van der Waals surface area contributed by atoms with Crippen LogP contribution in [-0.2, 0) is 4.79 Å². The lowest BCUT2D eigenvalue weighted by Gasteiger charge is -2.15. The Morgan fingerprint density at radius 1 is 0.676 bits per heavy atom. The van der Waals surface area contributed by atoms with Crippen LogP contribution in [0.2, 0.25) is 0 Å². The van der Waals surface area contributed by atoms with E-state index in [0.29, 0.717) is 28.6 Å². The minimum atomic E-state index is -0.489. The maximum atomic E-state index is 13.0. The molecule has 0 aliphatic heterocycles. The number of anilines is 2. The summed E-state index contributed by atoms with van der Waals surface area (Å²) in [6.45, 7) is 1.28. The highest BCUT2D eigenvalue weighted by molar-refractivity contribution is 6.10. The van der Waals surface area contributed by atoms with Crippen LogP contribution >= 0.6 is 0 Å². The van der Waals surface area contributed by atoms with Crippen molar-refractivity contribution in [3.63, 3.8) is 0 Å². The van der Waals surface area contributed by atoms with E-state index < -0.39 is 17.8 Å². The summed E-state index contributed by atoms with van der Waals surface area (Å²) in [5.74, 6) is -0.0875. The molecular weight excluding hydrogens is 440 g/mol. The van der Waals surface area contributed by atoms with Crippen molar-refractivity contribution in [3.05, 3.63) is 71.8 Å². The SMILES string of the molecule is COc1cc(C(=O)Nc2ccccc2NC(=O)c2cccc(OC(C)=O)c2)cc(OC)c1OC. The van der Waals surface area contributed by atoms with Gasteiger partial charge >= 0.3 is 5.97 Å². The number of benzene rings is 3. The van der Waals surface area contributed by atoms with Gasteiger partial charge in [-0.25, -0.2) is 0 Å². The molecule has 176 valence electrons. The van der Waals surface area contributed by atoms with E-state index in [1.54, 1.807) is 42.5 Å². The Hall–Kier alpha value is -4.53. The Balaban J connectivity index is 1.83. The molecule has 0 saturated heterocycles. The summed E-state index contributed by atoms with van der Waals surface area (Å²) in [7, 11) is 4.39. The number of esters is 1. The molecule has 3 rings (SSSR count). The Kier molecular flexibility index (Phi) is 7.71. The molecule has 0 radical (unpaired) electrons. The smallest absolute Gasteiger partial charge is 0.308 e. The average Bonchev–Trinajstić information content (AvgIpc) is 2.83. The van der Waals surface area contributed by atoms with Gasteiger partial charge in [0.15, 0.2) is 11.5 Å². The number of para-hydroxylation sites is 2. The van der Waals surface area contributed by atoms with Gasteiger partial charge in [-0.1, -0.05) is 18.2 Å². The van der Waals surface area contributed by atoms with Crippen molar-refractivity contribution in [2.24, 2.45) is 0 Å². The predicted molar refractivity (Wildman–Crippen MR) is 126 cm³/mol. The van der Waals surface area contributed by atoms with Crippen molar-refractivity contribution >= 4 is 29.2 Å². The molecule has 0 atom stereocenters. The number of hydrogen-bond donors (Lipinski definition) is 2. The van der Waals surface area contributed by atoms with Crippen molar-refractivity contribution in [1.82, 2.24) is 0 Å². The van der Waals surface area contributed by atoms with Crippen LogP contribution in [0.15, 0.2) is 60.7 Å². The van der Waals surface area contributed by atoms with Gasteiger partial charge in [-0.2, -0.15) is 0 Å². The fourth-order valence-electron chi connectivity index (χ4n) is 3.17. The summed E-state index contributed by atoms with van der Waals surface area (Å²) in [5.41, 5.74) is 1.31. The summed E-state index contributed by atoms with van der Waals surface area (Å²) in [5, 5.41) is 5.55. The summed E-state index contributed by atoms with van der Waals surface area (Å²) >= 11 is 0. The molecule has 34 heavy (non-hydrogen) atoms. The second-order valence-electron chi connectivity index (χ2n) is 6.99. The van der Waals surface area contributed by atoms with Crippen LogP contribution in [-0.4, -0.2) is 39.1 Å². The highest BCUT2D eigenvalue weighted by Crippen LogP contribution is 2.38. The van der Waals surface area contributed by atoms with E-state index in [1.807, 2.05) is 0 Å². The molecular formula is C25H24N2O7. The van der Waals surface area contributed by atoms with Crippen LogP contribution in [0, 0.1) is 0 Å². The molecule has 0 bridgehead atoms. The van der Waals surface area contributed by atoms with Crippen molar-refractivity contribution in [2.75, 3.05) is 32.0 Å². The average molecular weight is 464 g/mol. The van der Waals surface area contributed by atoms with Gasteiger partial charge in [0.2, 0.25) is 5.75 Å². The molecule has 3 aromatic carbocycles. The summed E-state index contributed by atoms with van der Waals surface area (Å²) < 4.78 is 20.9. The summed E-state index contributed by atoms with van der Waals surface area (Å²) in [6.07, 6.45) is 0. The van der Waals surface area contributed by atoms with E-state index in [9.17, 15) is 14.4 Å². The van der Waals surface area contributed by atoms with Crippen molar-refractivity contribution < 1.29 is 33.3 Å². The molecule has 0 aliphatic carbocycles. The predicted octanol–water partition coefficient (Wildman–Crippen LogP) is 4.14. The minimum absolute atomic E-state index is 0.254. The van der Waals surface area contributed by atoms with E-state index in [0.717, 1.165) is 0 Å². The van der Waals surface area contributed by atoms with E-state index in [1.165, 1.54) is 46.5 Å². The number of rotatable bonds is 8. The van der Waals surface area contributed by atoms with Gasteiger partial charge in [0.1, 0.15) is 5.75 Å². The minimum Gasteiger partial charge on any atom is -0.493 e. The lowest BCUT2D eigenvalue weighted by atomic mass is 10.1. The second kappa shape index (κ2) is 10.9. The normalized spacial score (nSPS) is 10.1. The summed E-state index contributed by atoms with van der Waals surface area (Å²) in [4.78, 5) is 36.9. The van der Waals surface area contributed by atoms with E-state index in [2.05, 4.69) is 10.6 Å². The fraction of sp³-hybridized carbons (Fsp3) is 0.160. The van der Waals surface area contributed by atoms with Gasteiger partial charge < -0.3 is 29.6 Å². The molecule has 3 aromatic rings. The van der Waals surface area contributed by atoms with Crippen molar-refractivity contribution in [1.29, 1.82) is 0 Å². The van der Waals surface area contributed by atoms with Crippen LogP contribution in [0.25, 0.3) is 0 Å². The maximum absolute atomic E-state index is 13.0. The lowest BCUT2D eigenvalue weighted by Crippen LogP contribution is -2.17. The highest BCUT2D eigenvalue weighted by atomic mass is 16.5. The first kappa shape index (κ1) is 24.1. The third-order valence-electron chi connectivity index (χ3n) is 4.71. The van der Waals surface area contributed by atoms with Gasteiger partial charge in [-0.3, -0.25) is 14.4 Å². The quantitative estimate of drug-likeness (QED) is 0.381. The monoisotopic (exact) mass is 464 g/mol. The number of methoxy groups -OCH3 is 3. The molecule has 2 N–H and O–H groups in total. The molecule has 0 unspecified atom stereocenters. The molecule has 9 heteroatoms. The number of ether oxygens (including phenoxy) is 4. The third-order valence-corrected chi connectivity index (χ3v) is 4.71. The van der Waals surface area contributed by atoms with Crippen LogP contribution in [0.3, 0.4) is 0 Å². The largest absolute Gasteiger partial charge is 0.493 e. The number of nitrogens with one attached hydrogen (secondary N) is 2. The van der Waals surface area contributed by atoms with Gasteiger partial charge in [0, 0.05) is 18.1 Å². The number of carbonyl (C=O) groups is 3. The lowest BCUT2D eigenvalue weighted by molar-refractivity contribution is -0.131. The van der Waals surface area contributed by atoms with Gasteiger partial charge in [0.05, 0.1) is 32.7 Å². The van der Waals surface area contributed by atoms with Crippen LogP contribution < -0.4 is 29.6 Å². The molecule has 0 heterocycles. The Morgan fingerprint density at radius 3 is 1.74 bits per heavy atom. The zero-order chi connectivity index (χ0) is 24.7. The zero-order valence-corrected chi connectivity index (χ0v) is 19.1. The van der Waals surface area contributed by atoms with Crippen LogP contribution in [0.4, 0.5) is 11.4 Å². The molecule has 0 aromatic heterocycles.